The van der Waals surface area contributed by atoms with Crippen LogP contribution in [0.3, 0.4) is 0 Å². The van der Waals surface area contributed by atoms with Gasteiger partial charge in [0.1, 0.15) is 0 Å². The van der Waals surface area contributed by atoms with Crippen LogP contribution < -0.4 is 5.32 Å². The quantitative estimate of drug-likeness (QED) is 0.789. The van der Waals surface area contributed by atoms with Gasteiger partial charge in [-0.25, -0.2) is 0 Å². The minimum atomic E-state index is 0.105. The van der Waals surface area contributed by atoms with Gasteiger partial charge in [0.25, 0.3) is 0 Å². The van der Waals surface area contributed by atoms with Crippen molar-refractivity contribution in [2.24, 2.45) is 5.92 Å². The summed E-state index contributed by atoms with van der Waals surface area (Å²) in [4.78, 5) is 13.5. The average Bonchev–Trinajstić information content (AvgIpc) is 2.62. The van der Waals surface area contributed by atoms with Crippen molar-refractivity contribution in [1.82, 2.24) is 10.2 Å². The van der Waals surface area contributed by atoms with Gasteiger partial charge in [-0.15, -0.1) is 0 Å². The van der Waals surface area contributed by atoms with Crippen LogP contribution in [0, 0.1) is 5.92 Å². The Kier molecular flexibility index (Phi) is 4.22. The molecule has 16 heavy (non-hydrogen) atoms. The number of hydrogen-bond acceptors (Lipinski definition) is 2. The lowest BCUT2D eigenvalue weighted by Crippen LogP contribution is -2.37. The Bertz CT molecular complexity index is 236. The second-order valence-corrected chi connectivity index (χ2v) is 5.35. The van der Waals surface area contributed by atoms with Crippen LogP contribution in [0.15, 0.2) is 0 Å². The first-order chi connectivity index (χ1) is 7.77. The monoisotopic (exact) mass is 224 g/mol. The lowest BCUT2D eigenvalue weighted by molar-refractivity contribution is -0.128. The van der Waals surface area contributed by atoms with Crippen LogP contribution >= 0.6 is 0 Å². The zero-order valence-corrected chi connectivity index (χ0v) is 10.4. The van der Waals surface area contributed by atoms with Crippen LogP contribution in [0.4, 0.5) is 0 Å². The molecule has 2 aliphatic rings. The van der Waals surface area contributed by atoms with E-state index in [9.17, 15) is 4.79 Å². The van der Waals surface area contributed by atoms with Crippen molar-refractivity contribution in [3.8, 4) is 0 Å². The molecular weight excluding hydrogens is 200 g/mol. The van der Waals surface area contributed by atoms with E-state index in [0.29, 0.717) is 0 Å². The predicted molar refractivity (Wildman–Crippen MR) is 65.2 cm³/mol. The first-order valence-electron chi connectivity index (χ1n) is 6.76. The van der Waals surface area contributed by atoms with Crippen molar-refractivity contribution in [2.75, 3.05) is 20.1 Å². The zero-order chi connectivity index (χ0) is 11.4. The van der Waals surface area contributed by atoms with Crippen LogP contribution in [0.2, 0.25) is 0 Å². The van der Waals surface area contributed by atoms with E-state index < -0.39 is 0 Å². The molecule has 1 saturated heterocycles. The topological polar surface area (TPSA) is 32.3 Å². The Labute approximate surface area is 98.6 Å². The summed E-state index contributed by atoms with van der Waals surface area (Å²) in [5.74, 6) is 1.19. The van der Waals surface area contributed by atoms with Crippen LogP contribution in [-0.4, -0.2) is 37.0 Å². The minimum absolute atomic E-state index is 0.105. The molecule has 1 atom stereocenters. The number of nitrogens with one attached hydrogen (secondary N) is 1. The number of rotatable bonds is 4. The van der Waals surface area contributed by atoms with Crippen LogP contribution in [0.1, 0.15) is 44.9 Å². The molecule has 1 N–H and O–H groups in total. The molecule has 1 aliphatic carbocycles. The molecule has 0 aromatic rings. The molecule has 1 amide bonds. The van der Waals surface area contributed by atoms with Crippen molar-refractivity contribution in [3.63, 3.8) is 0 Å². The first-order valence-corrected chi connectivity index (χ1v) is 6.76. The molecule has 1 aliphatic heterocycles. The van der Waals surface area contributed by atoms with Gasteiger partial charge in [0.05, 0.1) is 6.04 Å². The maximum atomic E-state index is 11.7. The standard InChI is InChI=1S/C13H24N2O/c1-15-10-8-12(13(15)16)14-9-7-11-5-3-2-4-6-11/h11-12,14H,2-10H2,1H3. The zero-order valence-electron chi connectivity index (χ0n) is 10.4. The molecule has 3 nitrogen and oxygen atoms in total. The molecule has 1 heterocycles. The summed E-state index contributed by atoms with van der Waals surface area (Å²) in [7, 11) is 1.89. The number of likely N-dealkylation sites (N-methyl/N-ethyl adjacent to an activating group) is 1. The van der Waals surface area contributed by atoms with Gasteiger partial charge < -0.3 is 10.2 Å². The van der Waals surface area contributed by atoms with E-state index in [1.165, 1.54) is 38.5 Å². The largest absolute Gasteiger partial charge is 0.344 e. The van der Waals surface area contributed by atoms with Gasteiger partial charge >= 0.3 is 0 Å². The molecule has 2 rings (SSSR count). The number of nitrogens with zero attached hydrogens (tertiary/aromatic N) is 1. The third-order valence-corrected chi connectivity index (χ3v) is 4.10. The molecule has 0 spiro atoms. The second kappa shape index (κ2) is 5.67. The summed E-state index contributed by atoms with van der Waals surface area (Å²) in [5.41, 5.74) is 0. The van der Waals surface area contributed by atoms with Gasteiger partial charge in [-0.3, -0.25) is 4.79 Å². The van der Waals surface area contributed by atoms with Crippen LogP contribution in [-0.2, 0) is 4.79 Å². The fraction of sp³-hybridized carbons (Fsp3) is 0.923. The van der Waals surface area contributed by atoms with E-state index >= 15 is 0 Å². The van der Waals surface area contributed by atoms with Crippen molar-refractivity contribution in [2.45, 2.75) is 51.0 Å². The number of hydrogen-bond donors (Lipinski definition) is 1. The maximum absolute atomic E-state index is 11.7. The van der Waals surface area contributed by atoms with Crippen molar-refractivity contribution >= 4 is 5.91 Å². The summed E-state index contributed by atoms with van der Waals surface area (Å²) < 4.78 is 0. The molecule has 2 fully saturated rings. The lowest BCUT2D eigenvalue weighted by atomic mass is 9.87. The summed E-state index contributed by atoms with van der Waals surface area (Å²) in [6, 6.07) is 0.105. The summed E-state index contributed by atoms with van der Waals surface area (Å²) in [5, 5.41) is 3.42. The molecule has 0 bridgehead atoms. The number of carbonyl (C=O) groups excluding carboxylic acids is 1. The fourth-order valence-electron chi connectivity index (χ4n) is 2.95. The van der Waals surface area contributed by atoms with Gasteiger partial charge in [0.15, 0.2) is 0 Å². The highest BCUT2D eigenvalue weighted by atomic mass is 16.2. The Hall–Kier alpha value is -0.570. The van der Waals surface area contributed by atoms with Crippen molar-refractivity contribution in [3.05, 3.63) is 0 Å². The first kappa shape index (κ1) is 11.9. The third-order valence-electron chi connectivity index (χ3n) is 4.10. The fourth-order valence-corrected chi connectivity index (χ4v) is 2.95. The average molecular weight is 224 g/mol. The van der Waals surface area contributed by atoms with Crippen molar-refractivity contribution < 1.29 is 4.79 Å². The van der Waals surface area contributed by atoms with Gasteiger partial charge in [0.2, 0.25) is 5.91 Å². The summed E-state index contributed by atoms with van der Waals surface area (Å²) in [6.45, 7) is 1.94. The summed E-state index contributed by atoms with van der Waals surface area (Å²) >= 11 is 0. The van der Waals surface area contributed by atoms with Gasteiger partial charge in [0, 0.05) is 13.6 Å². The second-order valence-electron chi connectivity index (χ2n) is 5.35. The summed E-state index contributed by atoms with van der Waals surface area (Å²) in [6.07, 6.45) is 9.30. The van der Waals surface area contributed by atoms with Gasteiger partial charge in [-0.2, -0.15) is 0 Å². The predicted octanol–water partition coefficient (Wildman–Crippen LogP) is 1.78. The highest BCUT2D eigenvalue weighted by Crippen LogP contribution is 2.25. The number of amides is 1. The highest BCUT2D eigenvalue weighted by molar-refractivity contribution is 5.83. The maximum Gasteiger partial charge on any atom is 0.239 e. The van der Waals surface area contributed by atoms with E-state index in [0.717, 1.165) is 25.4 Å². The molecule has 0 aromatic carbocycles. The lowest BCUT2D eigenvalue weighted by Gasteiger charge is -2.22. The molecular formula is C13H24N2O. The van der Waals surface area contributed by atoms with Crippen LogP contribution in [0.25, 0.3) is 0 Å². The third kappa shape index (κ3) is 2.97. The Balaban J connectivity index is 1.62. The molecule has 3 heteroatoms. The number of carbonyl (C=O) groups is 1. The number of likely N-dealkylation sites (tertiary alicyclic amines) is 1. The van der Waals surface area contributed by atoms with Crippen LogP contribution in [0.5, 0.6) is 0 Å². The smallest absolute Gasteiger partial charge is 0.239 e. The Morgan fingerprint density at radius 2 is 2.00 bits per heavy atom. The SMILES string of the molecule is CN1CCC(NCCC2CCCCC2)C1=O. The highest BCUT2D eigenvalue weighted by Gasteiger charge is 2.28. The molecule has 0 aromatic heterocycles. The van der Waals surface area contributed by atoms with Gasteiger partial charge in [-0.05, 0) is 25.3 Å². The Morgan fingerprint density at radius 1 is 1.25 bits per heavy atom. The van der Waals surface area contributed by atoms with E-state index in [-0.39, 0.29) is 11.9 Å². The normalized spacial score (nSPS) is 27.7. The Morgan fingerprint density at radius 3 is 2.62 bits per heavy atom. The van der Waals surface area contributed by atoms with E-state index in [1.54, 1.807) is 0 Å². The van der Waals surface area contributed by atoms with E-state index in [4.69, 9.17) is 0 Å². The molecule has 1 saturated carbocycles. The minimum Gasteiger partial charge on any atom is -0.344 e. The van der Waals surface area contributed by atoms with Gasteiger partial charge in [-0.1, -0.05) is 32.1 Å². The van der Waals surface area contributed by atoms with E-state index in [1.807, 2.05) is 11.9 Å². The van der Waals surface area contributed by atoms with Crippen molar-refractivity contribution in [1.29, 1.82) is 0 Å². The van der Waals surface area contributed by atoms with E-state index in [2.05, 4.69) is 5.32 Å². The molecule has 0 radical (unpaired) electrons. The molecule has 92 valence electrons. The molecule has 1 unspecified atom stereocenters.